The molecule has 0 saturated carbocycles. The number of thiazole rings is 1. The van der Waals surface area contributed by atoms with Gasteiger partial charge < -0.3 is 14.8 Å². The highest BCUT2D eigenvalue weighted by Gasteiger charge is 2.16. The first-order chi connectivity index (χ1) is 9.55. The molecule has 0 radical (unpaired) electrons. The first-order valence-electron chi connectivity index (χ1n) is 5.71. The molecule has 0 spiro atoms. The number of methoxy groups -OCH3 is 2. The normalized spacial score (nSPS) is 10.2. The van der Waals surface area contributed by atoms with Crippen LogP contribution in [0.15, 0.2) is 22.7 Å². The molecule has 0 aliphatic carbocycles. The van der Waals surface area contributed by atoms with Crippen LogP contribution in [0.3, 0.4) is 0 Å². The van der Waals surface area contributed by atoms with Crippen LogP contribution in [0.2, 0.25) is 0 Å². The van der Waals surface area contributed by atoms with Crippen LogP contribution in [0.1, 0.15) is 15.4 Å². The Morgan fingerprint density at radius 2 is 2.15 bits per heavy atom. The van der Waals surface area contributed by atoms with Gasteiger partial charge in [0.25, 0.3) is 0 Å². The second kappa shape index (κ2) is 6.23. The summed E-state index contributed by atoms with van der Waals surface area (Å²) < 4.78 is 10.8. The molecule has 1 heterocycles. The second-order valence-electron chi connectivity index (χ2n) is 3.90. The molecule has 0 amide bonds. The van der Waals surface area contributed by atoms with E-state index in [0.29, 0.717) is 15.7 Å². The summed E-state index contributed by atoms with van der Waals surface area (Å²) >= 11 is 4.70. The number of benzene rings is 1. The first-order valence-corrected chi connectivity index (χ1v) is 7.32. The van der Waals surface area contributed by atoms with Crippen molar-refractivity contribution in [3.63, 3.8) is 0 Å². The maximum atomic E-state index is 11.6. The molecule has 1 aromatic carbocycles. The second-order valence-corrected chi connectivity index (χ2v) is 5.75. The predicted octanol–water partition coefficient (Wildman–Crippen LogP) is 3.75. The minimum absolute atomic E-state index is 0.377. The van der Waals surface area contributed by atoms with E-state index in [1.165, 1.54) is 18.4 Å². The number of aromatic nitrogens is 1. The van der Waals surface area contributed by atoms with Crippen molar-refractivity contribution in [2.45, 2.75) is 6.92 Å². The highest BCUT2D eigenvalue weighted by molar-refractivity contribution is 9.10. The quantitative estimate of drug-likeness (QED) is 0.845. The molecule has 0 bridgehead atoms. The van der Waals surface area contributed by atoms with Crippen LogP contribution in [0.25, 0.3) is 0 Å². The lowest BCUT2D eigenvalue weighted by Gasteiger charge is -2.07. The zero-order chi connectivity index (χ0) is 14.7. The minimum Gasteiger partial charge on any atom is -0.497 e. The summed E-state index contributed by atoms with van der Waals surface area (Å²) in [6.07, 6.45) is 0. The van der Waals surface area contributed by atoms with Gasteiger partial charge in [-0.25, -0.2) is 9.78 Å². The number of hydrogen-bond acceptors (Lipinski definition) is 6. The van der Waals surface area contributed by atoms with Gasteiger partial charge in [-0.15, -0.1) is 0 Å². The number of nitrogens with zero attached hydrogens (tertiary/aromatic N) is 1. The van der Waals surface area contributed by atoms with E-state index >= 15 is 0 Å². The molecule has 1 aromatic heterocycles. The molecular formula is C13H13BrN2O3S. The van der Waals surface area contributed by atoms with Crippen molar-refractivity contribution in [3.8, 4) is 5.75 Å². The van der Waals surface area contributed by atoms with Crippen molar-refractivity contribution in [1.82, 2.24) is 4.98 Å². The van der Waals surface area contributed by atoms with Gasteiger partial charge in [-0.3, -0.25) is 0 Å². The molecule has 0 aliphatic heterocycles. The van der Waals surface area contributed by atoms with E-state index in [1.807, 2.05) is 18.2 Å². The van der Waals surface area contributed by atoms with Gasteiger partial charge in [-0.1, -0.05) is 11.3 Å². The maximum absolute atomic E-state index is 11.6. The molecule has 0 atom stereocenters. The largest absolute Gasteiger partial charge is 0.497 e. The standard InChI is InChI=1S/C13H13BrN2O3S/c1-7-11(12(17)19-3)20-13(15-7)16-10-6-8(18-2)4-5-9(10)14/h4-6H,1-3H3,(H,15,16). The summed E-state index contributed by atoms with van der Waals surface area (Å²) in [7, 11) is 2.96. The van der Waals surface area contributed by atoms with Gasteiger partial charge in [0, 0.05) is 10.5 Å². The minimum atomic E-state index is -0.377. The Morgan fingerprint density at radius 3 is 2.80 bits per heavy atom. The molecule has 0 fully saturated rings. The highest BCUT2D eigenvalue weighted by atomic mass is 79.9. The van der Waals surface area contributed by atoms with Gasteiger partial charge >= 0.3 is 5.97 Å². The lowest BCUT2D eigenvalue weighted by molar-refractivity contribution is 0.0605. The smallest absolute Gasteiger partial charge is 0.350 e. The van der Waals surface area contributed by atoms with Crippen molar-refractivity contribution < 1.29 is 14.3 Å². The fraction of sp³-hybridized carbons (Fsp3) is 0.231. The third-order valence-corrected chi connectivity index (χ3v) is 4.33. The number of carbonyl (C=O) groups is 1. The zero-order valence-electron chi connectivity index (χ0n) is 11.2. The van der Waals surface area contributed by atoms with Gasteiger partial charge in [-0.05, 0) is 35.0 Å². The van der Waals surface area contributed by atoms with Crippen molar-refractivity contribution in [1.29, 1.82) is 0 Å². The number of nitrogens with one attached hydrogen (secondary N) is 1. The monoisotopic (exact) mass is 356 g/mol. The average Bonchev–Trinajstić information content (AvgIpc) is 2.81. The van der Waals surface area contributed by atoms with E-state index < -0.39 is 0 Å². The number of hydrogen-bond donors (Lipinski definition) is 1. The summed E-state index contributed by atoms with van der Waals surface area (Å²) in [5.41, 5.74) is 1.46. The van der Waals surface area contributed by atoms with Crippen LogP contribution < -0.4 is 10.1 Å². The summed E-state index contributed by atoms with van der Waals surface area (Å²) in [4.78, 5) is 16.4. The van der Waals surface area contributed by atoms with Gasteiger partial charge in [-0.2, -0.15) is 0 Å². The Kier molecular flexibility index (Phi) is 4.61. The Hall–Kier alpha value is -1.60. The van der Waals surface area contributed by atoms with Crippen molar-refractivity contribution >= 4 is 44.1 Å². The summed E-state index contributed by atoms with van der Waals surface area (Å²) in [5, 5.41) is 3.78. The fourth-order valence-electron chi connectivity index (χ4n) is 1.57. The van der Waals surface area contributed by atoms with Crippen LogP contribution in [0.4, 0.5) is 10.8 Å². The lowest BCUT2D eigenvalue weighted by Crippen LogP contribution is -1.99. The van der Waals surface area contributed by atoms with Gasteiger partial charge in [0.15, 0.2) is 5.13 Å². The molecule has 2 rings (SSSR count). The van der Waals surface area contributed by atoms with E-state index in [9.17, 15) is 4.79 Å². The van der Waals surface area contributed by atoms with Gasteiger partial charge in [0.1, 0.15) is 10.6 Å². The third-order valence-electron chi connectivity index (χ3n) is 2.58. The molecule has 0 saturated heterocycles. The number of ether oxygens (including phenoxy) is 2. The molecule has 5 nitrogen and oxygen atoms in total. The topological polar surface area (TPSA) is 60.5 Å². The highest BCUT2D eigenvalue weighted by Crippen LogP contribution is 2.32. The Morgan fingerprint density at radius 1 is 1.40 bits per heavy atom. The van der Waals surface area contributed by atoms with Gasteiger partial charge in [0.05, 0.1) is 25.6 Å². The van der Waals surface area contributed by atoms with E-state index in [-0.39, 0.29) is 5.97 Å². The molecule has 0 aliphatic rings. The first kappa shape index (κ1) is 14.8. The number of esters is 1. The molecule has 7 heteroatoms. The molecule has 2 aromatic rings. The third kappa shape index (κ3) is 3.10. The molecule has 20 heavy (non-hydrogen) atoms. The lowest BCUT2D eigenvalue weighted by atomic mass is 10.3. The van der Waals surface area contributed by atoms with E-state index in [2.05, 4.69) is 26.2 Å². The molecule has 0 unspecified atom stereocenters. The summed E-state index contributed by atoms with van der Waals surface area (Å²) in [6.45, 7) is 1.77. The molecule has 106 valence electrons. The Labute approximate surface area is 129 Å². The summed E-state index contributed by atoms with van der Waals surface area (Å²) in [6, 6.07) is 5.57. The summed E-state index contributed by atoms with van der Waals surface area (Å²) in [5.74, 6) is 0.356. The molecular weight excluding hydrogens is 344 g/mol. The Balaban J connectivity index is 2.28. The maximum Gasteiger partial charge on any atom is 0.350 e. The number of anilines is 2. The van der Waals surface area contributed by atoms with Crippen LogP contribution >= 0.6 is 27.3 Å². The van der Waals surface area contributed by atoms with Crippen LogP contribution in [-0.4, -0.2) is 25.2 Å². The van der Waals surface area contributed by atoms with Crippen molar-refractivity contribution in [2.75, 3.05) is 19.5 Å². The van der Waals surface area contributed by atoms with E-state index in [1.54, 1.807) is 14.0 Å². The zero-order valence-corrected chi connectivity index (χ0v) is 13.6. The molecule has 1 N–H and O–H groups in total. The van der Waals surface area contributed by atoms with Crippen LogP contribution in [0.5, 0.6) is 5.75 Å². The number of halogens is 1. The van der Waals surface area contributed by atoms with Crippen LogP contribution in [-0.2, 0) is 4.74 Å². The Bertz CT molecular complexity index is 643. The number of aryl methyl sites for hydroxylation is 1. The van der Waals surface area contributed by atoms with Crippen molar-refractivity contribution in [2.24, 2.45) is 0 Å². The average molecular weight is 357 g/mol. The van der Waals surface area contributed by atoms with E-state index in [4.69, 9.17) is 9.47 Å². The predicted molar refractivity (Wildman–Crippen MR) is 82.2 cm³/mol. The van der Waals surface area contributed by atoms with Crippen molar-refractivity contribution in [3.05, 3.63) is 33.2 Å². The van der Waals surface area contributed by atoms with E-state index in [0.717, 1.165) is 15.9 Å². The number of carbonyl (C=O) groups excluding carboxylic acids is 1. The fourth-order valence-corrected chi connectivity index (χ4v) is 2.82. The SMILES string of the molecule is COC(=O)c1sc(Nc2cc(OC)ccc2Br)nc1C. The number of rotatable bonds is 4. The van der Waals surface area contributed by atoms with Gasteiger partial charge in [0.2, 0.25) is 0 Å². The van der Waals surface area contributed by atoms with Crippen LogP contribution in [0, 0.1) is 6.92 Å².